The lowest BCUT2D eigenvalue weighted by molar-refractivity contribution is -0.135. The Balaban J connectivity index is 1.59. The molecule has 6 nitrogen and oxygen atoms in total. The van der Waals surface area contributed by atoms with Gasteiger partial charge in [-0.15, -0.1) is 0 Å². The summed E-state index contributed by atoms with van der Waals surface area (Å²) in [6, 6.07) is 2.36. The molecule has 4 aliphatic rings. The number of carbonyl (C=O) groups excluding carboxylic acids is 1. The average Bonchev–Trinajstić information content (AvgIpc) is 2.62. The summed E-state index contributed by atoms with van der Waals surface area (Å²) in [5.74, 6) is 0.994. The van der Waals surface area contributed by atoms with Crippen LogP contribution in [0.3, 0.4) is 0 Å². The van der Waals surface area contributed by atoms with Gasteiger partial charge < -0.3 is 10.1 Å². The summed E-state index contributed by atoms with van der Waals surface area (Å²) in [4.78, 5) is 13.2. The Kier molecular flexibility index (Phi) is 6.05. The normalized spacial score (nSPS) is 27.5. The summed E-state index contributed by atoms with van der Waals surface area (Å²) >= 11 is 6.70. The third-order valence-corrected chi connectivity index (χ3v) is 9.63. The fraction of sp³-hybridized carbons (Fsp3) is 0.650. The number of nitrogens with one attached hydrogen (secondary N) is 2. The molecule has 4 saturated carbocycles. The molecule has 4 aliphatic carbocycles. The third-order valence-electron chi connectivity index (χ3n) is 6.61. The van der Waals surface area contributed by atoms with Crippen LogP contribution in [0.15, 0.2) is 26.0 Å². The van der Waals surface area contributed by atoms with Crippen LogP contribution in [0.5, 0.6) is 5.75 Å². The van der Waals surface area contributed by atoms with Crippen molar-refractivity contribution < 1.29 is 17.9 Å². The zero-order chi connectivity index (χ0) is 20.8. The molecule has 29 heavy (non-hydrogen) atoms. The molecule has 4 fully saturated rings. The van der Waals surface area contributed by atoms with Crippen LogP contribution in [0, 0.1) is 11.8 Å². The number of halogens is 2. The topological polar surface area (TPSA) is 84.5 Å². The molecule has 9 heteroatoms. The van der Waals surface area contributed by atoms with Gasteiger partial charge >= 0.3 is 0 Å². The van der Waals surface area contributed by atoms with Gasteiger partial charge in [-0.25, -0.2) is 8.42 Å². The molecule has 0 aliphatic heterocycles. The van der Waals surface area contributed by atoms with Crippen LogP contribution in [0.2, 0.25) is 0 Å². The average molecular weight is 550 g/mol. The van der Waals surface area contributed by atoms with Gasteiger partial charge in [-0.2, -0.15) is 4.72 Å². The van der Waals surface area contributed by atoms with Crippen molar-refractivity contribution in [3.8, 4) is 5.75 Å². The first-order valence-electron chi connectivity index (χ1n) is 10.1. The highest BCUT2D eigenvalue weighted by atomic mass is 79.9. The highest BCUT2D eigenvalue weighted by Crippen LogP contribution is 2.57. The van der Waals surface area contributed by atoms with Crippen molar-refractivity contribution >= 4 is 47.8 Å². The van der Waals surface area contributed by atoms with Gasteiger partial charge in [0.25, 0.3) is 0 Å². The first kappa shape index (κ1) is 21.6. The van der Waals surface area contributed by atoms with Crippen molar-refractivity contribution in [1.82, 2.24) is 10.0 Å². The van der Waals surface area contributed by atoms with E-state index in [1.165, 1.54) is 13.2 Å². The van der Waals surface area contributed by atoms with Crippen LogP contribution in [0.25, 0.3) is 0 Å². The smallest absolute Gasteiger partial charge is 0.242 e. The maximum atomic E-state index is 13.3. The van der Waals surface area contributed by atoms with Crippen molar-refractivity contribution in [2.75, 3.05) is 7.11 Å². The molecule has 5 rings (SSSR count). The second kappa shape index (κ2) is 8.13. The van der Waals surface area contributed by atoms with Crippen molar-refractivity contribution in [2.24, 2.45) is 11.8 Å². The number of rotatable bonds is 7. The van der Waals surface area contributed by atoms with Gasteiger partial charge in [0, 0.05) is 16.1 Å². The van der Waals surface area contributed by atoms with Crippen molar-refractivity contribution in [1.29, 1.82) is 0 Å². The monoisotopic (exact) mass is 548 g/mol. The van der Waals surface area contributed by atoms with Gasteiger partial charge in [0.2, 0.25) is 15.9 Å². The molecule has 1 aromatic rings. The van der Waals surface area contributed by atoms with E-state index in [1.54, 1.807) is 6.07 Å². The zero-order valence-electron chi connectivity index (χ0n) is 16.3. The summed E-state index contributed by atoms with van der Waals surface area (Å²) < 4.78 is 35.6. The number of sulfonamides is 1. The zero-order valence-corrected chi connectivity index (χ0v) is 20.3. The van der Waals surface area contributed by atoms with E-state index in [0.717, 1.165) is 57.3 Å². The van der Waals surface area contributed by atoms with E-state index in [4.69, 9.17) is 4.74 Å². The van der Waals surface area contributed by atoms with Gasteiger partial charge in [-0.3, -0.25) is 4.79 Å². The Morgan fingerprint density at radius 3 is 2.34 bits per heavy atom. The van der Waals surface area contributed by atoms with E-state index < -0.39 is 16.1 Å². The lowest BCUT2D eigenvalue weighted by Gasteiger charge is -2.62. The molecule has 0 spiro atoms. The van der Waals surface area contributed by atoms with Crippen LogP contribution in [-0.2, 0) is 14.8 Å². The largest absolute Gasteiger partial charge is 0.496 e. The van der Waals surface area contributed by atoms with E-state index in [2.05, 4.69) is 41.9 Å². The third kappa shape index (κ3) is 4.25. The molecule has 160 valence electrons. The molecule has 0 saturated heterocycles. The predicted octanol–water partition coefficient (Wildman–Crippen LogP) is 4.12. The Bertz CT molecular complexity index is 898. The molecule has 0 aromatic heterocycles. The van der Waals surface area contributed by atoms with Crippen LogP contribution >= 0.6 is 31.9 Å². The maximum absolute atomic E-state index is 13.3. The van der Waals surface area contributed by atoms with Crippen molar-refractivity contribution in [2.45, 2.75) is 67.8 Å². The first-order chi connectivity index (χ1) is 13.7. The SMILES string of the molecule is COc1cc(S(=O)(=O)N[C@@H](C(=O)NC23CC(C2)C3)C2CCCCC2)c(Br)cc1Br. The van der Waals surface area contributed by atoms with Gasteiger partial charge in [0.1, 0.15) is 11.8 Å². The second-order valence-corrected chi connectivity index (χ2v) is 12.1. The lowest BCUT2D eigenvalue weighted by Crippen LogP contribution is -2.70. The molecular weight excluding hydrogens is 524 g/mol. The van der Waals surface area contributed by atoms with Crippen molar-refractivity contribution in [3.63, 3.8) is 0 Å². The van der Waals surface area contributed by atoms with E-state index in [0.29, 0.717) is 14.7 Å². The molecular formula is C20H26Br2N2O4S. The minimum atomic E-state index is -3.92. The standard InChI is InChI=1S/C20H26Br2N2O4S/c1-28-16-8-17(15(22)7-14(16)21)29(26,27)24-18(13-5-3-2-4-6-13)19(25)23-20-9-12(10-20)11-20/h7-8,12-13,18,24H,2-6,9-11H2,1H3,(H,23,25)/t12?,18-,20?/m1/s1. The van der Waals surface area contributed by atoms with E-state index in [9.17, 15) is 13.2 Å². The predicted molar refractivity (Wildman–Crippen MR) is 117 cm³/mol. The Morgan fingerprint density at radius 1 is 1.14 bits per heavy atom. The Morgan fingerprint density at radius 2 is 1.79 bits per heavy atom. The minimum absolute atomic E-state index is 0.0157. The molecule has 0 unspecified atom stereocenters. The number of benzene rings is 1. The highest BCUT2D eigenvalue weighted by molar-refractivity contribution is 9.11. The van der Waals surface area contributed by atoms with Crippen LogP contribution in [0.1, 0.15) is 51.4 Å². The molecule has 2 bridgehead atoms. The molecule has 1 aromatic carbocycles. The molecule has 1 amide bonds. The van der Waals surface area contributed by atoms with E-state index >= 15 is 0 Å². The maximum Gasteiger partial charge on any atom is 0.242 e. The highest BCUT2D eigenvalue weighted by Gasteiger charge is 2.58. The van der Waals surface area contributed by atoms with Crippen LogP contribution in [-0.4, -0.2) is 33.0 Å². The summed E-state index contributed by atoms with van der Waals surface area (Å²) in [7, 11) is -2.44. The second-order valence-electron chi connectivity index (χ2n) is 8.66. The Labute approximate surface area is 188 Å². The molecule has 2 N–H and O–H groups in total. The molecule has 0 radical (unpaired) electrons. The number of hydrogen-bond acceptors (Lipinski definition) is 4. The summed E-state index contributed by atoms with van der Waals surface area (Å²) in [6.07, 6.45) is 7.99. The van der Waals surface area contributed by atoms with E-state index in [1.807, 2.05) is 0 Å². The lowest BCUT2D eigenvalue weighted by atomic mass is 9.50. The van der Waals surface area contributed by atoms with Gasteiger partial charge in [-0.05, 0) is 81.9 Å². The minimum Gasteiger partial charge on any atom is -0.496 e. The summed E-state index contributed by atoms with van der Waals surface area (Å²) in [6.45, 7) is 0. The van der Waals surface area contributed by atoms with Crippen LogP contribution in [0.4, 0.5) is 0 Å². The number of ether oxygens (including phenoxy) is 1. The number of methoxy groups -OCH3 is 1. The van der Waals surface area contributed by atoms with Gasteiger partial charge in [0.15, 0.2) is 0 Å². The van der Waals surface area contributed by atoms with Crippen LogP contribution < -0.4 is 14.8 Å². The van der Waals surface area contributed by atoms with Gasteiger partial charge in [-0.1, -0.05) is 19.3 Å². The first-order valence-corrected chi connectivity index (χ1v) is 13.2. The summed E-state index contributed by atoms with van der Waals surface area (Å²) in [5.41, 5.74) is -0.0818. The quantitative estimate of drug-likeness (QED) is 0.536. The number of amides is 1. The van der Waals surface area contributed by atoms with Crippen molar-refractivity contribution in [3.05, 3.63) is 21.1 Å². The Hall–Kier alpha value is -0.640. The summed E-state index contributed by atoms with van der Waals surface area (Å²) in [5, 5.41) is 3.17. The number of carbonyl (C=O) groups is 1. The number of hydrogen-bond donors (Lipinski definition) is 2. The van der Waals surface area contributed by atoms with Gasteiger partial charge in [0.05, 0.1) is 16.5 Å². The van der Waals surface area contributed by atoms with E-state index in [-0.39, 0.29) is 22.3 Å². The fourth-order valence-electron chi connectivity index (χ4n) is 4.91. The fourth-order valence-corrected chi connectivity index (χ4v) is 8.04. The molecule has 0 heterocycles. The molecule has 1 atom stereocenters.